The fraction of sp³-hybridized carbons (Fsp3) is 0.364. The van der Waals surface area contributed by atoms with Crippen molar-refractivity contribution in [2.24, 2.45) is 0 Å². The van der Waals surface area contributed by atoms with Gasteiger partial charge in [-0.3, -0.25) is 0 Å². The van der Waals surface area contributed by atoms with Gasteiger partial charge in [0.15, 0.2) is 0 Å². The third kappa shape index (κ3) is 3.09. The lowest BCUT2D eigenvalue weighted by atomic mass is 10.3. The number of nitrogens with zero attached hydrogens (tertiary/aromatic N) is 2. The van der Waals surface area contributed by atoms with E-state index in [1.165, 1.54) is 4.68 Å². The van der Waals surface area contributed by atoms with Gasteiger partial charge in [-0.15, -0.1) is 19.2 Å². The number of hydrogen-bond donors (Lipinski definition) is 5. The molecule has 1 aromatic rings. The molecule has 0 aliphatic heterocycles. The molecular formula is C11H17N3OS3. The average Bonchev–Trinajstić information content (AvgIpc) is 2.73. The maximum atomic E-state index is 10.4. The maximum absolute atomic E-state index is 10.4. The molecule has 1 rings (SSSR count). The lowest BCUT2D eigenvalue weighted by Crippen LogP contribution is -2.44. The zero-order valence-corrected chi connectivity index (χ0v) is 12.7. The normalized spacial score (nSPS) is 14.9. The summed E-state index contributed by atoms with van der Waals surface area (Å²) in [7, 11) is 0. The van der Waals surface area contributed by atoms with Crippen LogP contribution in [0.3, 0.4) is 0 Å². The van der Waals surface area contributed by atoms with Crippen molar-refractivity contribution in [3.05, 3.63) is 37.2 Å². The Kier molecular flexibility index (Phi) is 4.88. The maximum Gasteiger partial charge on any atom is 0.227 e. The second-order valence-electron chi connectivity index (χ2n) is 3.93. The Morgan fingerprint density at radius 2 is 2.22 bits per heavy atom. The van der Waals surface area contributed by atoms with Crippen LogP contribution < -0.4 is 5.32 Å². The first-order chi connectivity index (χ1) is 8.21. The summed E-state index contributed by atoms with van der Waals surface area (Å²) in [5.74, 6) is 0. The zero-order valence-electron chi connectivity index (χ0n) is 10.0. The van der Waals surface area contributed by atoms with E-state index in [-0.39, 0.29) is 0 Å². The first-order valence-corrected chi connectivity index (χ1v) is 6.54. The van der Waals surface area contributed by atoms with Gasteiger partial charge in [-0.25, -0.2) is 4.68 Å². The van der Waals surface area contributed by atoms with E-state index in [1.54, 1.807) is 25.3 Å². The van der Waals surface area contributed by atoms with Gasteiger partial charge in [-0.05, 0) is 13.0 Å². The van der Waals surface area contributed by atoms with E-state index in [2.05, 4.69) is 61.5 Å². The van der Waals surface area contributed by atoms with Gasteiger partial charge in [0.05, 0.1) is 11.4 Å². The zero-order chi connectivity index (χ0) is 14.0. The highest BCUT2D eigenvalue weighted by molar-refractivity contribution is 8.02. The molecule has 0 aliphatic carbocycles. The van der Waals surface area contributed by atoms with Gasteiger partial charge in [0.25, 0.3) is 0 Å². The molecule has 0 spiro atoms. The van der Waals surface area contributed by atoms with Crippen molar-refractivity contribution in [2.75, 3.05) is 6.54 Å². The van der Waals surface area contributed by atoms with Crippen LogP contribution in [0.15, 0.2) is 31.5 Å². The second-order valence-corrected chi connectivity index (χ2v) is 6.70. The SMILES string of the molecule is C=CCNC(=C)c1ccnn1C(O)(S)C(C)(S)S. The van der Waals surface area contributed by atoms with Gasteiger partial charge in [-0.2, -0.15) is 30.4 Å². The largest absolute Gasteiger partial charge is 0.380 e. The minimum absolute atomic E-state index is 0.564. The number of hydrogen-bond acceptors (Lipinski definition) is 6. The number of aromatic nitrogens is 2. The monoisotopic (exact) mass is 303 g/mol. The molecule has 0 amide bonds. The van der Waals surface area contributed by atoms with Crippen LogP contribution in [-0.2, 0) is 5.06 Å². The van der Waals surface area contributed by atoms with E-state index in [1.807, 2.05) is 0 Å². The van der Waals surface area contributed by atoms with E-state index in [0.29, 0.717) is 17.9 Å². The molecule has 0 aliphatic rings. The highest BCUT2D eigenvalue weighted by atomic mass is 32.2. The third-order valence-corrected chi connectivity index (χ3v) is 3.96. The van der Waals surface area contributed by atoms with E-state index in [4.69, 9.17) is 0 Å². The lowest BCUT2D eigenvalue weighted by molar-refractivity contribution is 0.0440. The Morgan fingerprint density at radius 1 is 1.61 bits per heavy atom. The lowest BCUT2D eigenvalue weighted by Gasteiger charge is -2.35. The summed E-state index contributed by atoms with van der Waals surface area (Å²) in [6, 6.07) is 1.72. The Morgan fingerprint density at radius 3 is 2.72 bits per heavy atom. The Balaban J connectivity index is 3.10. The molecule has 18 heavy (non-hydrogen) atoms. The van der Waals surface area contributed by atoms with Gasteiger partial charge >= 0.3 is 0 Å². The van der Waals surface area contributed by atoms with Crippen molar-refractivity contribution in [3.63, 3.8) is 0 Å². The van der Waals surface area contributed by atoms with Crippen LogP contribution in [0.2, 0.25) is 0 Å². The highest BCUT2D eigenvalue weighted by Crippen LogP contribution is 2.40. The van der Waals surface area contributed by atoms with E-state index < -0.39 is 9.14 Å². The Labute approximate surface area is 123 Å². The fourth-order valence-electron chi connectivity index (χ4n) is 1.27. The summed E-state index contributed by atoms with van der Waals surface area (Å²) in [5, 5.41) is 15.8. The topological polar surface area (TPSA) is 50.1 Å². The van der Waals surface area contributed by atoms with Crippen molar-refractivity contribution >= 4 is 43.6 Å². The van der Waals surface area contributed by atoms with Gasteiger partial charge in [-0.1, -0.05) is 12.7 Å². The molecule has 0 radical (unpaired) electrons. The number of thiol groups is 3. The predicted molar refractivity (Wildman–Crippen MR) is 85.0 cm³/mol. The minimum atomic E-state index is -1.67. The van der Waals surface area contributed by atoms with Crippen molar-refractivity contribution in [3.8, 4) is 0 Å². The molecule has 4 nitrogen and oxygen atoms in total. The van der Waals surface area contributed by atoms with Crippen LogP contribution in [0.5, 0.6) is 0 Å². The van der Waals surface area contributed by atoms with Gasteiger partial charge < -0.3 is 10.4 Å². The fourth-order valence-corrected chi connectivity index (χ4v) is 1.62. The van der Waals surface area contributed by atoms with Crippen LogP contribution in [0.25, 0.3) is 5.70 Å². The molecule has 100 valence electrons. The standard InChI is InChI=1S/C11H17N3OS3/c1-4-6-12-8(2)9-5-7-13-14(9)11(15,18)10(3,16)17/h4-5,7,12,15-18H,1-2,6H2,3H3. The van der Waals surface area contributed by atoms with E-state index in [0.717, 1.165) is 0 Å². The molecule has 1 unspecified atom stereocenters. The molecular weight excluding hydrogens is 286 g/mol. The Hall–Kier alpha value is -0.500. The molecule has 1 aromatic heterocycles. The van der Waals surface area contributed by atoms with Crippen LogP contribution in [0.1, 0.15) is 12.6 Å². The van der Waals surface area contributed by atoms with Crippen LogP contribution >= 0.6 is 37.9 Å². The van der Waals surface area contributed by atoms with E-state index >= 15 is 0 Å². The smallest absolute Gasteiger partial charge is 0.227 e. The number of nitrogens with one attached hydrogen (secondary N) is 1. The summed E-state index contributed by atoms with van der Waals surface area (Å²) in [6.07, 6.45) is 3.25. The Bertz CT molecular complexity index is 449. The molecule has 1 heterocycles. The van der Waals surface area contributed by atoms with Crippen LogP contribution in [-0.4, -0.2) is 25.5 Å². The van der Waals surface area contributed by atoms with Crippen molar-refractivity contribution in [2.45, 2.75) is 16.1 Å². The summed E-state index contributed by atoms with van der Waals surface area (Å²) in [4.78, 5) is 0. The molecule has 0 aromatic carbocycles. The van der Waals surface area contributed by atoms with Gasteiger partial charge in [0, 0.05) is 12.7 Å². The van der Waals surface area contributed by atoms with Gasteiger partial charge in [0.2, 0.25) is 5.06 Å². The third-order valence-electron chi connectivity index (χ3n) is 2.34. The summed E-state index contributed by atoms with van der Waals surface area (Å²) in [5.41, 5.74) is 1.20. The summed E-state index contributed by atoms with van der Waals surface area (Å²) >= 11 is 12.6. The summed E-state index contributed by atoms with van der Waals surface area (Å²) < 4.78 is 0.226. The first-order valence-electron chi connectivity index (χ1n) is 5.20. The molecule has 0 saturated heterocycles. The molecule has 7 heteroatoms. The van der Waals surface area contributed by atoms with Crippen molar-refractivity contribution in [1.29, 1.82) is 0 Å². The van der Waals surface area contributed by atoms with Crippen molar-refractivity contribution in [1.82, 2.24) is 15.1 Å². The summed E-state index contributed by atoms with van der Waals surface area (Å²) in [6.45, 7) is 9.67. The van der Waals surface area contributed by atoms with Gasteiger partial charge in [0.1, 0.15) is 4.08 Å². The van der Waals surface area contributed by atoms with E-state index in [9.17, 15) is 5.11 Å². The molecule has 0 saturated carbocycles. The number of aliphatic hydroxyl groups is 1. The predicted octanol–water partition coefficient (Wildman–Crippen LogP) is 1.74. The molecule has 0 bridgehead atoms. The average molecular weight is 303 g/mol. The van der Waals surface area contributed by atoms with Crippen LogP contribution in [0, 0.1) is 0 Å². The molecule has 1 atom stereocenters. The quantitative estimate of drug-likeness (QED) is 0.316. The van der Waals surface area contributed by atoms with Crippen LogP contribution in [0.4, 0.5) is 0 Å². The van der Waals surface area contributed by atoms with Crippen molar-refractivity contribution < 1.29 is 5.11 Å². The highest BCUT2D eigenvalue weighted by Gasteiger charge is 2.42. The minimum Gasteiger partial charge on any atom is -0.380 e. The second kappa shape index (κ2) is 5.64. The molecule has 0 fully saturated rings. The first kappa shape index (κ1) is 15.6. The molecule has 2 N–H and O–H groups in total. The number of rotatable bonds is 6.